The Balaban J connectivity index is 1.73. The van der Waals surface area contributed by atoms with Crippen LogP contribution < -0.4 is 10.1 Å². The lowest BCUT2D eigenvalue weighted by molar-refractivity contribution is -0.385. The number of nitrogens with zero attached hydrogens (tertiary/aromatic N) is 2. The summed E-state index contributed by atoms with van der Waals surface area (Å²) in [6, 6.07) is 13.5. The Morgan fingerprint density at radius 3 is 2.63 bits per heavy atom. The Kier molecular flexibility index (Phi) is 5.68. The van der Waals surface area contributed by atoms with Crippen LogP contribution in [-0.4, -0.2) is 23.1 Å². The number of ether oxygens (including phenoxy) is 1. The fourth-order valence-electron chi connectivity index (χ4n) is 2.30. The Bertz CT molecular complexity index is 965. The van der Waals surface area contributed by atoms with Crippen LogP contribution >= 0.6 is 11.8 Å². The predicted molar refractivity (Wildman–Crippen MR) is 106 cm³/mol. The molecule has 1 aliphatic heterocycles. The fourth-order valence-corrected chi connectivity index (χ4v) is 3.10. The maximum Gasteiger partial charge on any atom is 0.276 e. The molecule has 0 spiro atoms. The summed E-state index contributed by atoms with van der Waals surface area (Å²) in [7, 11) is 1.59. The van der Waals surface area contributed by atoms with E-state index in [1.54, 1.807) is 67.8 Å². The molecule has 7 nitrogen and oxygen atoms in total. The number of aliphatic imine (C=N–C) groups is 1. The summed E-state index contributed by atoms with van der Waals surface area (Å²) in [4.78, 5) is 27.5. The number of rotatable bonds is 5. The number of carbonyl (C=O) groups is 1. The first-order chi connectivity index (χ1) is 13.1. The van der Waals surface area contributed by atoms with Crippen molar-refractivity contribution in [2.75, 3.05) is 7.11 Å². The summed E-state index contributed by atoms with van der Waals surface area (Å²) in [5.74, 6) is 0.460. The van der Waals surface area contributed by atoms with E-state index in [9.17, 15) is 14.9 Å². The van der Waals surface area contributed by atoms with Gasteiger partial charge in [0.25, 0.3) is 11.6 Å². The zero-order chi connectivity index (χ0) is 19.2. The number of para-hydroxylation sites is 1. The highest BCUT2D eigenvalue weighted by molar-refractivity contribution is 8.18. The quantitative estimate of drug-likeness (QED) is 0.479. The van der Waals surface area contributed by atoms with Gasteiger partial charge < -0.3 is 10.1 Å². The van der Waals surface area contributed by atoms with Crippen molar-refractivity contribution in [3.05, 3.63) is 81.3 Å². The zero-order valence-corrected chi connectivity index (χ0v) is 15.1. The first-order valence-electron chi connectivity index (χ1n) is 7.90. The number of nitro groups is 1. The lowest BCUT2D eigenvalue weighted by Crippen LogP contribution is -2.19. The van der Waals surface area contributed by atoms with Gasteiger partial charge in [0.2, 0.25) is 0 Å². The van der Waals surface area contributed by atoms with Gasteiger partial charge in [0.15, 0.2) is 5.17 Å². The van der Waals surface area contributed by atoms with Gasteiger partial charge in [-0.2, -0.15) is 0 Å². The van der Waals surface area contributed by atoms with Crippen molar-refractivity contribution in [1.82, 2.24) is 5.32 Å². The molecule has 0 saturated carbocycles. The Hall–Kier alpha value is -3.39. The highest BCUT2D eigenvalue weighted by Crippen LogP contribution is 2.27. The summed E-state index contributed by atoms with van der Waals surface area (Å²) in [5.41, 5.74) is 1.17. The number of allylic oxidation sites excluding steroid dienone is 2. The molecule has 1 amide bonds. The lowest BCUT2D eigenvalue weighted by Gasteiger charge is -1.99. The van der Waals surface area contributed by atoms with Crippen LogP contribution in [-0.2, 0) is 4.79 Å². The lowest BCUT2D eigenvalue weighted by atomic mass is 10.1. The van der Waals surface area contributed by atoms with E-state index >= 15 is 0 Å². The van der Waals surface area contributed by atoms with Gasteiger partial charge in [-0.1, -0.05) is 18.2 Å². The van der Waals surface area contributed by atoms with Crippen LogP contribution in [0, 0.1) is 10.1 Å². The van der Waals surface area contributed by atoms with Gasteiger partial charge in [-0.3, -0.25) is 14.9 Å². The molecular weight excluding hydrogens is 366 g/mol. The molecule has 1 saturated heterocycles. The smallest absolute Gasteiger partial charge is 0.276 e. The number of carbonyl (C=O) groups excluding carboxylic acids is 1. The second kappa shape index (κ2) is 8.33. The van der Waals surface area contributed by atoms with Crippen LogP contribution in [0.15, 0.2) is 70.6 Å². The Morgan fingerprint density at radius 1 is 1.19 bits per heavy atom. The molecule has 1 heterocycles. The molecule has 0 bridgehead atoms. The van der Waals surface area contributed by atoms with Gasteiger partial charge in [0, 0.05) is 6.07 Å². The minimum Gasteiger partial charge on any atom is -0.497 e. The summed E-state index contributed by atoms with van der Waals surface area (Å²) in [5, 5.41) is 14.2. The molecule has 136 valence electrons. The molecule has 1 aliphatic rings. The van der Waals surface area contributed by atoms with Crippen LogP contribution in [0.4, 0.5) is 11.4 Å². The van der Waals surface area contributed by atoms with Gasteiger partial charge in [0.05, 0.1) is 28.2 Å². The van der Waals surface area contributed by atoms with Gasteiger partial charge in [-0.05, 0) is 54.2 Å². The normalized spacial score (nSPS) is 16.9. The number of benzene rings is 2. The van der Waals surface area contributed by atoms with Crippen molar-refractivity contribution in [3.63, 3.8) is 0 Å². The number of amidine groups is 1. The molecular formula is C19H15N3O4S. The van der Waals surface area contributed by atoms with Crippen LogP contribution in [0.25, 0.3) is 6.08 Å². The first kappa shape index (κ1) is 18.4. The second-order valence-corrected chi connectivity index (χ2v) is 6.41. The van der Waals surface area contributed by atoms with Crippen LogP contribution in [0.1, 0.15) is 5.56 Å². The van der Waals surface area contributed by atoms with E-state index in [1.807, 2.05) is 0 Å². The average molecular weight is 381 g/mol. The number of hydrogen-bond acceptors (Lipinski definition) is 6. The maximum atomic E-state index is 12.0. The molecule has 0 aliphatic carbocycles. The molecule has 1 fully saturated rings. The topological polar surface area (TPSA) is 93.8 Å². The number of hydrogen-bond donors (Lipinski definition) is 1. The summed E-state index contributed by atoms with van der Waals surface area (Å²) in [6.45, 7) is 0. The van der Waals surface area contributed by atoms with Crippen molar-refractivity contribution < 1.29 is 14.5 Å². The van der Waals surface area contributed by atoms with E-state index in [0.29, 0.717) is 21.3 Å². The number of nitro benzene ring substituents is 1. The van der Waals surface area contributed by atoms with Crippen LogP contribution in [0.2, 0.25) is 0 Å². The number of nitrogens with one attached hydrogen (secondary N) is 1. The van der Waals surface area contributed by atoms with E-state index in [-0.39, 0.29) is 11.6 Å². The number of amides is 1. The molecule has 2 aromatic carbocycles. The molecule has 8 heteroatoms. The highest BCUT2D eigenvalue weighted by Gasteiger charge is 2.23. The molecule has 0 aromatic heterocycles. The first-order valence-corrected chi connectivity index (χ1v) is 8.72. The molecule has 0 radical (unpaired) electrons. The van der Waals surface area contributed by atoms with Crippen LogP contribution in [0.5, 0.6) is 5.75 Å². The molecule has 27 heavy (non-hydrogen) atoms. The average Bonchev–Trinajstić information content (AvgIpc) is 3.02. The van der Waals surface area contributed by atoms with Gasteiger partial charge >= 0.3 is 0 Å². The van der Waals surface area contributed by atoms with Crippen molar-refractivity contribution in [2.45, 2.75) is 0 Å². The van der Waals surface area contributed by atoms with E-state index in [0.717, 1.165) is 5.75 Å². The summed E-state index contributed by atoms with van der Waals surface area (Å²) >= 11 is 1.20. The van der Waals surface area contributed by atoms with E-state index in [4.69, 9.17) is 4.74 Å². The molecule has 3 rings (SSSR count). The molecule has 0 atom stereocenters. The van der Waals surface area contributed by atoms with E-state index < -0.39 is 4.92 Å². The third-order valence-electron chi connectivity index (χ3n) is 3.61. The Morgan fingerprint density at radius 2 is 1.93 bits per heavy atom. The monoisotopic (exact) mass is 381 g/mol. The second-order valence-electron chi connectivity index (χ2n) is 5.38. The third kappa shape index (κ3) is 4.62. The van der Waals surface area contributed by atoms with Gasteiger partial charge in [0.1, 0.15) is 5.75 Å². The summed E-state index contributed by atoms with van der Waals surface area (Å²) in [6.07, 6.45) is 4.81. The summed E-state index contributed by atoms with van der Waals surface area (Å²) < 4.78 is 5.09. The number of methoxy groups -OCH3 is 1. The van der Waals surface area contributed by atoms with Gasteiger partial charge in [-0.15, -0.1) is 0 Å². The number of thioether (sulfide) groups is 1. The van der Waals surface area contributed by atoms with Gasteiger partial charge in [-0.25, -0.2) is 4.99 Å². The van der Waals surface area contributed by atoms with Crippen LogP contribution in [0.3, 0.4) is 0 Å². The van der Waals surface area contributed by atoms with Crippen molar-refractivity contribution in [2.24, 2.45) is 4.99 Å². The minimum atomic E-state index is -0.441. The highest BCUT2D eigenvalue weighted by atomic mass is 32.2. The van der Waals surface area contributed by atoms with Crippen molar-refractivity contribution >= 4 is 40.3 Å². The third-order valence-corrected chi connectivity index (χ3v) is 4.54. The molecule has 1 N–H and O–H groups in total. The van der Waals surface area contributed by atoms with Crippen molar-refractivity contribution in [1.29, 1.82) is 0 Å². The Labute approximate surface area is 159 Å². The minimum absolute atomic E-state index is 0.0115. The van der Waals surface area contributed by atoms with E-state index in [1.165, 1.54) is 17.8 Å². The van der Waals surface area contributed by atoms with Crippen molar-refractivity contribution in [3.8, 4) is 5.75 Å². The zero-order valence-electron chi connectivity index (χ0n) is 14.3. The maximum absolute atomic E-state index is 12.0. The van der Waals surface area contributed by atoms with E-state index in [2.05, 4.69) is 10.3 Å². The largest absolute Gasteiger partial charge is 0.497 e. The molecule has 0 unspecified atom stereocenters. The predicted octanol–water partition coefficient (Wildman–Crippen LogP) is 4.05. The SMILES string of the molecule is COc1ccc(N=C2NC(=O)C(=CC=Cc3ccccc3[N+](=O)[O-])S2)cc1. The standard InChI is InChI=1S/C19H15N3O4S/c1-26-15-11-9-14(10-12-15)20-19-21-18(23)17(27-19)8-4-6-13-5-2-3-7-16(13)22(24)25/h2-12H,1H3,(H,20,21,23). The fraction of sp³-hybridized carbons (Fsp3) is 0.0526. The molecule has 2 aromatic rings.